The number of aryl methyl sites for hydroxylation is 1. The lowest BCUT2D eigenvalue weighted by molar-refractivity contribution is -0.137. The molecule has 0 unspecified atom stereocenters. The van der Waals surface area contributed by atoms with E-state index >= 15 is 0 Å². The van der Waals surface area contributed by atoms with Crippen LogP contribution < -0.4 is 10.1 Å². The molecule has 1 aliphatic heterocycles. The van der Waals surface area contributed by atoms with E-state index in [0.717, 1.165) is 35.3 Å². The zero-order valence-corrected chi connectivity index (χ0v) is 19.3. The Morgan fingerprint density at radius 2 is 1.97 bits per heavy atom. The first kappa shape index (κ1) is 23.8. The fraction of sp³-hybridized carbons (Fsp3) is 0.583. The second kappa shape index (κ2) is 9.11. The lowest BCUT2D eigenvalue weighted by atomic mass is 9.77. The smallest absolute Gasteiger partial charge is 0.322 e. The zero-order chi connectivity index (χ0) is 22.7. The molecule has 1 heterocycles. The number of hydrogen-bond donors (Lipinski definition) is 2. The predicted octanol–water partition coefficient (Wildman–Crippen LogP) is 4.93. The molecule has 1 aromatic carbocycles. The van der Waals surface area contributed by atoms with Crippen LogP contribution in [0, 0.1) is 11.3 Å². The second-order valence-electron chi connectivity index (χ2n) is 9.72. The van der Waals surface area contributed by atoms with Gasteiger partial charge in [0.1, 0.15) is 5.75 Å². The van der Waals surface area contributed by atoms with Gasteiger partial charge in [0.25, 0.3) is 0 Å². The van der Waals surface area contributed by atoms with Gasteiger partial charge in [-0.3, -0.25) is 4.79 Å². The molecule has 0 fully saturated rings. The van der Waals surface area contributed by atoms with Gasteiger partial charge in [-0.2, -0.15) is 0 Å². The van der Waals surface area contributed by atoms with E-state index in [1.54, 1.807) is 7.11 Å². The highest BCUT2D eigenvalue weighted by Crippen LogP contribution is 2.39. The summed E-state index contributed by atoms with van der Waals surface area (Å²) in [6.45, 7) is 13.0. The Labute approximate surface area is 180 Å². The van der Waals surface area contributed by atoms with Gasteiger partial charge in [0.15, 0.2) is 0 Å². The summed E-state index contributed by atoms with van der Waals surface area (Å²) in [7, 11) is 1.67. The van der Waals surface area contributed by atoms with Crippen molar-refractivity contribution < 1.29 is 19.4 Å². The second-order valence-corrected chi connectivity index (χ2v) is 9.72. The number of carboxylic acid groups (broad SMARTS) is 1. The number of ether oxygens (including phenoxy) is 1. The van der Waals surface area contributed by atoms with Gasteiger partial charge in [-0.15, -0.1) is 0 Å². The molecular formula is C24H36N2O4. The van der Waals surface area contributed by atoms with Crippen LogP contribution in [-0.4, -0.2) is 35.7 Å². The Morgan fingerprint density at radius 3 is 2.50 bits per heavy atom. The summed E-state index contributed by atoms with van der Waals surface area (Å²) >= 11 is 0. The minimum Gasteiger partial charge on any atom is -0.496 e. The summed E-state index contributed by atoms with van der Waals surface area (Å²) in [4.78, 5) is 25.1. The predicted molar refractivity (Wildman–Crippen MR) is 119 cm³/mol. The summed E-state index contributed by atoms with van der Waals surface area (Å²) < 4.78 is 5.69. The maximum absolute atomic E-state index is 12.7. The molecule has 166 valence electrons. The van der Waals surface area contributed by atoms with Crippen LogP contribution in [0.4, 0.5) is 4.79 Å². The number of carbonyl (C=O) groups is 2. The van der Waals surface area contributed by atoms with Crippen LogP contribution in [0.3, 0.4) is 0 Å². The number of carboxylic acids is 1. The van der Waals surface area contributed by atoms with E-state index in [-0.39, 0.29) is 30.3 Å². The van der Waals surface area contributed by atoms with Crippen LogP contribution >= 0.6 is 0 Å². The number of rotatable bonds is 8. The number of hydrogen-bond acceptors (Lipinski definition) is 3. The van der Waals surface area contributed by atoms with E-state index in [1.165, 1.54) is 4.90 Å². The number of carbonyl (C=O) groups excluding carboxylic acids is 1. The molecule has 2 N–H and O–H groups in total. The highest BCUT2D eigenvalue weighted by Gasteiger charge is 2.40. The molecule has 0 aromatic heterocycles. The van der Waals surface area contributed by atoms with Crippen molar-refractivity contribution in [2.24, 2.45) is 11.3 Å². The van der Waals surface area contributed by atoms with Crippen LogP contribution in [0.15, 0.2) is 30.0 Å². The van der Waals surface area contributed by atoms with E-state index in [4.69, 9.17) is 9.84 Å². The maximum atomic E-state index is 12.7. The third kappa shape index (κ3) is 5.55. The average Bonchev–Trinajstić information content (AvgIpc) is 2.64. The number of benzene rings is 1. The molecule has 6 heteroatoms. The van der Waals surface area contributed by atoms with Crippen molar-refractivity contribution in [1.29, 1.82) is 0 Å². The minimum absolute atomic E-state index is 0.0949. The lowest BCUT2D eigenvalue weighted by Gasteiger charge is -2.42. The van der Waals surface area contributed by atoms with Crippen molar-refractivity contribution in [2.45, 2.75) is 66.3 Å². The van der Waals surface area contributed by atoms with Crippen LogP contribution in [0.2, 0.25) is 0 Å². The van der Waals surface area contributed by atoms with E-state index in [9.17, 15) is 9.59 Å². The number of urea groups is 1. The fourth-order valence-corrected chi connectivity index (χ4v) is 3.83. The summed E-state index contributed by atoms with van der Waals surface area (Å²) in [6, 6.07) is 5.87. The van der Waals surface area contributed by atoms with E-state index in [2.05, 4.69) is 52.1 Å². The molecule has 1 aromatic rings. The molecular weight excluding hydrogens is 380 g/mol. The van der Waals surface area contributed by atoms with Crippen LogP contribution in [0.1, 0.15) is 65.5 Å². The lowest BCUT2D eigenvalue weighted by Crippen LogP contribution is -2.54. The van der Waals surface area contributed by atoms with Gasteiger partial charge in [-0.05, 0) is 53.9 Å². The normalized spacial score (nSPS) is 19.5. The van der Waals surface area contributed by atoms with Gasteiger partial charge in [0.2, 0.25) is 0 Å². The molecule has 1 aliphatic rings. The summed E-state index contributed by atoms with van der Waals surface area (Å²) in [6.07, 6.45) is 3.69. The van der Waals surface area contributed by atoms with Crippen LogP contribution in [0.25, 0.3) is 0 Å². The first-order valence-corrected chi connectivity index (χ1v) is 10.6. The van der Waals surface area contributed by atoms with E-state index in [1.807, 2.05) is 19.2 Å². The van der Waals surface area contributed by atoms with E-state index in [0.29, 0.717) is 0 Å². The standard InChI is InChI=1S/C24H36N2O4/c1-16(2)19-15-26(13-11-21(27)28)22(29)25-24(19,6)18-9-8-17(20(14-18)30-7)10-12-23(3,4)5/h8-9,14-16H,10-13H2,1-7H3,(H,25,29)(H,27,28)/t24-/m0/s1. The zero-order valence-electron chi connectivity index (χ0n) is 19.3. The van der Waals surface area contributed by atoms with Crippen molar-refractivity contribution in [2.75, 3.05) is 13.7 Å². The van der Waals surface area contributed by atoms with Gasteiger partial charge in [-0.1, -0.05) is 46.8 Å². The van der Waals surface area contributed by atoms with Crippen LogP contribution in [-0.2, 0) is 16.8 Å². The quantitative estimate of drug-likeness (QED) is 0.630. The maximum Gasteiger partial charge on any atom is 0.322 e. The highest BCUT2D eigenvalue weighted by molar-refractivity contribution is 5.80. The Bertz CT molecular complexity index is 823. The van der Waals surface area contributed by atoms with Crippen LogP contribution in [0.5, 0.6) is 5.75 Å². The molecule has 30 heavy (non-hydrogen) atoms. The summed E-state index contributed by atoms with van der Waals surface area (Å²) in [5.74, 6) is 0.0596. The molecule has 0 aliphatic carbocycles. The summed E-state index contributed by atoms with van der Waals surface area (Å²) in [5, 5.41) is 12.1. The molecule has 0 saturated heterocycles. The largest absolute Gasteiger partial charge is 0.496 e. The fourth-order valence-electron chi connectivity index (χ4n) is 3.83. The van der Waals surface area contributed by atoms with Crippen molar-refractivity contribution in [1.82, 2.24) is 10.2 Å². The van der Waals surface area contributed by atoms with Gasteiger partial charge < -0.3 is 20.1 Å². The minimum atomic E-state index is -0.925. The third-order valence-corrected chi connectivity index (χ3v) is 5.69. The Kier molecular flexibility index (Phi) is 7.22. The molecule has 2 rings (SSSR count). The summed E-state index contributed by atoms with van der Waals surface area (Å²) in [5.41, 5.74) is 2.67. The van der Waals surface area contributed by atoms with Crippen molar-refractivity contribution >= 4 is 12.0 Å². The SMILES string of the molecule is COc1cc([C@]2(C)NC(=O)N(CCC(=O)O)C=C2C(C)C)ccc1CCC(C)(C)C. The van der Waals surface area contributed by atoms with Gasteiger partial charge in [0, 0.05) is 12.7 Å². The number of nitrogens with zero attached hydrogens (tertiary/aromatic N) is 1. The topological polar surface area (TPSA) is 78.9 Å². The number of amides is 2. The first-order chi connectivity index (χ1) is 13.9. The van der Waals surface area contributed by atoms with Crippen molar-refractivity contribution in [3.05, 3.63) is 41.1 Å². The molecule has 0 spiro atoms. The first-order valence-electron chi connectivity index (χ1n) is 10.6. The Hall–Kier alpha value is -2.50. The average molecular weight is 417 g/mol. The monoisotopic (exact) mass is 416 g/mol. The highest BCUT2D eigenvalue weighted by atomic mass is 16.5. The molecule has 0 bridgehead atoms. The van der Waals surface area contributed by atoms with Gasteiger partial charge in [-0.25, -0.2) is 4.79 Å². The Balaban J connectivity index is 2.41. The number of nitrogens with one attached hydrogen (secondary N) is 1. The molecule has 6 nitrogen and oxygen atoms in total. The number of methoxy groups -OCH3 is 1. The Morgan fingerprint density at radius 1 is 1.30 bits per heavy atom. The van der Waals surface area contributed by atoms with Crippen molar-refractivity contribution in [3.8, 4) is 5.75 Å². The molecule has 0 radical (unpaired) electrons. The molecule has 2 amide bonds. The van der Waals surface area contributed by atoms with Crippen molar-refractivity contribution in [3.63, 3.8) is 0 Å². The number of aliphatic carboxylic acids is 1. The van der Waals surface area contributed by atoms with Gasteiger partial charge >= 0.3 is 12.0 Å². The van der Waals surface area contributed by atoms with Gasteiger partial charge in [0.05, 0.1) is 19.1 Å². The third-order valence-electron chi connectivity index (χ3n) is 5.69. The molecule has 0 saturated carbocycles. The molecule has 1 atom stereocenters. The van der Waals surface area contributed by atoms with E-state index < -0.39 is 11.5 Å².